The van der Waals surface area contributed by atoms with Crippen LogP contribution in [-0.4, -0.2) is 44.2 Å². The molecule has 1 fully saturated rings. The minimum atomic E-state index is 0. The predicted molar refractivity (Wildman–Crippen MR) is 114 cm³/mol. The normalized spacial score (nSPS) is 18.0. The Kier molecular flexibility index (Phi) is 7.77. The van der Waals surface area contributed by atoms with Gasteiger partial charge in [-0.3, -0.25) is 0 Å². The summed E-state index contributed by atoms with van der Waals surface area (Å²) in [5, 5.41) is 7.00. The zero-order valence-corrected chi connectivity index (χ0v) is 17.5. The highest BCUT2D eigenvalue weighted by Crippen LogP contribution is 2.26. The van der Waals surface area contributed by atoms with Crippen molar-refractivity contribution in [3.05, 3.63) is 35.2 Å². The van der Waals surface area contributed by atoms with Crippen molar-refractivity contribution in [3.8, 4) is 0 Å². The third-order valence-electron chi connectivity index (χ3n) is 4.28. The molecule has 1 atom stereocenters. The third kappa shape index (κ3) is 4.61. The van der Waals surface area contributed by atoms with E-state index in [9.17, 15) is 0 Å². The number of benzene rings is 1. The summed E-state index contributed by atoms with van der Waals surface area (Å²) < 4.78 is 6.63. The molecule has 0 spiro atoms. The van der Waals surface area contributed by atoms with Gasteiger partial charge in [0.15, 0.2) is 5.96 Å². The Labute approximate surface area is 165 Å². The lowest BCUT2D eigenvalue weighted by molar-refractivity contribution is 0.157. The van der Waals surface area contributed by atoms with Gasteiger partial charge in [0, 0.05) is 37.4 Å². The van der Waals surface area contributed by atoms with E-state index >= 15 is 0 Å². The molecule has 1 aliphatic heterocycles. The first kappa shape index (κ1) is 19.5. The topological polar surface area (TPSA) is 36.9 Å². The fraction of sp³-hybridized carbons (Fsp3) is 0.500. The summed E-state index contributed by atoms with van der Waals surface area (Å²) in [5.74, 6) is 1.65. The highest BCUT2D eigenvalue weighted by molar-refractivity contribution is 14.0. The number of nitrogens with zero attached hydrogens (tertiary/aromatic N) is 2. The van der Waals surface area contributed by atoms with E-state index in [1.807, 2.05) is 0 Å². The van der Waals surface area contributed by atoms with Crippen molar-refractivity contribution in [3.63, 3.8) is 0 Å². The van der Waals surface area contributed by atoms with E-state index in [4.69, 9.17) is 9.73 Å². The molecule has 2 aromatic rings. The molecule has 2 heterocycles. The van der Waals surface area contributed by atoms with Crippen molar-refractivity contribution < 1.29 is 4.74 Å². The lowest BCUT2D eigenvalue weighted by Crippen LogP contribution is -2.40. The average Bonchev–Trinajstić information content (AvgIpc) is 3.19. The molecule has 1 aromatic carbocycles. The summed E-state index contributed by atoms with van der Waals surface area (Å²) in [6, 6.07) is 8.56. The number of likely N-dealkylation sites (tertiary alicyclic amines) is 1. The van der Waals surface area contributed by atoms with Crippen molar-refractivity contribution in [1.82, 2.24) is 10.2 Å². The first-order chi connectivity index (χ1) is 11.3. The van der Waals surface area contributed by atoms with Crippen LogP contribution in [-0.2, 0) is 11.3 Å². The molecule has 1 saturated heterocycles. The van der Waals surface area contributed by atoms with Crippen LogP contribution in [0, 0.1) is 5.92 Å². The molecule has 3 rings (SSSR count). The van der Waals surface area contributed by atoms with E-state index in [1.54, 1.807) is 18.4 Å². The smallest absolute Gasteiger partial charge is 0.194 e. The van der Waals surface area contributed by atoms with Crippen LogP contribution < -0.4 is 5.32 Å². The fourth-order valence-corrected chi connectivity index (χ4v) is 4.09. The minimum absolute atomic E-state index is 0. The Morgan fingerprint density at radius 1 is 1.42 bits per heavy atom. The third-order valence-corrected chi connectivity index (χ3v) is 5.30. The van der Waals surface area contributed by atoms with Crippen LogP contribution in [0.5, 0.6) is 0 Å². The second-order valence-electron chi connectivity index (χ2n) is 5.98. The maximum absolute atomic E-state index is 5.30. The first-order valence-electron chi connectivity index (χ1n) is 8.29. The highest BCUT2D eigenvalue weighted by Gasteiger charge is 2.24. The Morgan fingerprint density at radius 2 is 2.25 bits per heavy atom. The summed E-state index contributed by atoms with van der Waals surface area (Å²) in [7, 11) is 1.78. The van der Waals surface area contributed by atoms with Gasteiger partial charge in [-0.2, -0.15) is 0 Å². The number of rotatable bonds is 5. The zero-order chi connectivity index (χ0) is 16.1. The van der Waals surface area contributed by atoms with Gasteiger partial charge in [-0.15, -0.1) is 35.3 Å². The van der Waals surface area contributed by atoms with Gasteiger partial charge in [0.2, 0.25) is 0 Å². The zero-order valence-electron chi connectivity index (χ0n) is 14.3. The second kappa shape index (κ2) is 9.58. The van der Waals surface area contributed by atoms with Crippen LogP contribution in [0.4, 0.5) is 0 Å². The standard InChI is InChI=1S/C18H25N3OS.HI/c1-3-19-18(21-9-8-14(11-21)12-22-2)20-10-15-13-23-17-7-5-4-6-16(15)17;/h4-7,13-14H,3,8-12H2,1-2H3,(H,19,20);1H. The van der Waals surface area contributed by atoms with Gasteiger partial charge in [0.05, 0.1) is 13.2 Å². The van der Waals surface area contributed by atoms with E-state index < -0.39 is 0 Å². The van der Waals surface area contributed by atoms with Gasteiger partial charge in [0.25, 0.3) is 0 Å². The number of thiophene rings is 1. The number of halogens is 1. The molecule has 0 radical (unpaired) electrons. The molecular formula is C18H26IN3OS. The average molecular weight is 459 g/mol. The summed E-state index contributed by atoms with van der Waals surface area (Å²) in [6.45, 7) is 6.68. The molecule has 1 aromatic heterocycles. The monoisotopic (exact) mass is 459 g/mol. The highest BCUT2D eigenvalue weighted by atomic mass is 127. The molecule has 0 amide bonds. The molecule has 0 aliphatic carbocycles. The Morgan fingerprint density at radius 3 is 3.04 bits per heavy atom. The SMILES string of the molecule is CCNC(=NCc1csc2ccccc12)N1CCC(COC)C1.I. The Bertz CT molecular complexity index is 673. The van der Waals surface area contributed by atoms with E-state index in [-0.39, 0.29) is 24.0 Å². The Balaban J connectivity index is 0.00000208. The van der Waals surface area contributed by atoms with Crippen LogP contribution in [0.2, 0.25) is 0 Å². The maximum atomic E-state index is 5.30. The number of ether oxygens (including phenoxy) is 1. The molecule has 24 heavy (non-hydrogen) atoms. The van der Waals surface area contributed by atoms with Gasteiger partial charge in [0.1, 0.15) is 0 Å². The largest absolute Gasteiger partial charge is 0.384 e. The predicted octanol–water partition coefficient (Wildman–Crippen LogP) is 3.95. The number of methoxy groups -OCH3 is 1. The number of guanidine groups is 1. The molecule has 4 nitrogen and oxygen atoms in total. The number of fused-ring (bicyclic) bond motifs is 1. The lowest BCUT2D eigenvalue weighted by Gasteiger charge is -2.21. The van der Waals surface area contributed by atoms with Gasteiger partial charge in [-0.05, 0) is 35.7 Å². The van der Waals surface area contributed by atoms with Crippen LogP contribution in [0.1, 0.15) is 18.9 Å². The van der Waals surface area contributed by atoms with Gasteiger partial charge >= 0.3 is 0 Å². The van der Waals surface area contributed by atoms with Crippen LogP contribution >= 0.6 is 35.3 Å². The quantitative estimate of drug-likeness (QED) is 0.418. The van der Waals surface area contributed by atoms with Crippen molar-refractivity contribution in [2.45, 2.75) is 19.9 Å². The van der Waals surface area contributed by atoms with Crippen LogP contribution in [0.3, 0.4) is 0 Å². The van der Waals surface area contributed by atoms with Crippen LogP contribution in [0.15, 0.2) is 34.6 Å². The minimum Gasteiger partial charge on any atom is -0.384 e. The number of aliphatic imine (C=N–C) groups is 1. The van der Waals surface area contributed by atoms with Crippen molar-refractivity contribution in [2.75, 3.05) is 33.4 Å². The van der Waals surface area contributed by atoms with Crippen molar-refractivity contribution in [1.29, 1.82) is 0 Å². The molecular weight excluding hydrogens is 433 g/mol. The van der Waals surface area contributed by atoms with Crippen molar-refractivity contribution >= 4 is 51.4 Å². The second-order valence-corrected chi connectivity index (χ2v) is 6.89. The van der Waals surface area contributed by atoms with Crippen molar-refractivity contribution in [2.24, 2.45) is 10.9 Å². The van der Waals surface area contributed by atoms with E-state index in [1.165, 1.54) is 22.1 Å². The van der Waals surface area contributed by atoms with Crippen LogP contribution in [0.25, 0.3) is 10.1 Å². The number of nitrogens with one attached hydrogen (secondary N) is 1. The van der Waals surface area contributed by atoms with E-state index in [2.05, 4.69) is 46.8 Å². The lowest BCUT2D eigenvalue weighted by atomic mass is 10.1. The Hall–Kier alpha value is -0.860. The van der Waals surface area contributed by atoms with Gasteiger partial charge in [-0.25, -0.2) is 4.99 Å². The molecule has 1 N–H and O–H groups in total. The molecule has 132 valence electrons. The maximum Gasteiger partial charge on any atom is 0.194 e. The van der Waals surface area contributed by atoms with E-state index in [0.717, 1.165) is 38.7 Å². The summed E-state index contributed by atoms with van der Waals surface area (Å²) in [6.07, 6.45) is 1.18. The van der Waals surface area contributed by atoms with E-state index in [0.29, 0.717) is 5.92 Å². The first-order valence-corrected chi connectivity index (χ1v) is 9.17. The fourth-order valence-electron chi connectivity index (χ4n) is 3.14. The van der Waals surface area contributed by atoms with Gasteiger partial charge < -0.3 is 15.0 Å². The molecule has 6 heteroatoms. The molecule has 1 aliphatic rings. The summed E-state index contributed by atoms with van der Waals surface area (Å²) in [5.41, 5.74) is 1.31. The number of hydrogen-bond donors (Lipinski definition) is 1. The molecule has 0 saturated carbocycles. The summed E-state index contributed by atoms with van der Waals surface area (Å²) in [4.78, 5) is 7.24. The molecule has 0 bridgehead atoms. The molecule has 1 unspecified atom stereocenters. The number of hydrogen-bond acceptors (Lipinski definition) is 3. The van der Waals surface area contributed by atoms with Gasteiger partial charge in [-0.1, -0.05) is 18.2 Å². The summed E-state index contributed by atoms with van der Waals surface area (Å²) >= 11 is 1.80.